The van der Waals surface area contributed by atoms with Crippen molar-refractivity contribution in [3.8, 4) is 0 Å². The zero-order valence-electron chi connectivity index (χ0n) is 15.2. The van der Waals surface area contributed by atoms with Crippen LogP contribution < -0.4 is 5.32 Å². The molecule has 0 bridgehead atoms. The normalized spacial score (nSPS) is 36.1. The number of fused-ring (bicyclic) bond motifs is 1. The number of hydrogen-bond donors (Lipinski definition) is 3. The summed E-state index contributed by atoms with van der Waals surface area (Å²) >= 11 is 1.63. The first kappa shape index (κ1) is 18.3. The molecule has 0 aromatic rings. The second-order valence-electron chi connectivity index (χ2n) is 8.09. The van der Waals surface area contributed by atoms with Gasteiger partial charge in [0.1, 0.15) is 5.70 Å². The molecule has 144 valence electrons. The molecular formula is C18H27N3O4S. The number of aliphatic hydroxyl groups is 1. The van der Waals surface area contributed by atoms with Gasteiger partial charge in [0, 0.05) is 35.7 Å². The van der Waals surface area contributed by atoms with E-state index in [4.69, 9.17) is 0 Å². The van der Waals surface area contributed by atoms with Crippen LogP contribution in [0.3, 0.4) is 0 Å². The fourth-order valence-electron chi connectivity index (χ4n) is 4.84. The summed E-state index contributed by atoms with van der Waals surface area (Å²) in [6.45, 7) is 8.86. The number of hydrogen-bond acceptors (Lipinski definition) is 6. The van der Waals surface area contributed by atoms with Crippen LogP contribution in [0.2, 0.25) is 0 Å². The molecule has 4 rings (SSSR count). The summed E-state index contributed by atoms with van der Waals surface area (Å²) in [5.74, 6) is -1.07. The average Bonchev–Trinajstić information content (AvgIpc) is 3.11. The zero-order chi connectivity index (χ0) is 18.6. The van der Waals surface area contributed by atoms with Gasteiger partial charge in [-0.05, 0) is 32.4 Å². The molecule has 0 aromatic heterocycles. The summed E-state index contributed by atoms with van der Waals surface area (Å²) in [7, 11) is 0. The molecule has 0 aliphatic carbocycles. The van der Waals surface area contributed by atoms with Crippen molar-refractivity contribution in [1.82, 2.24) is 15.1 Å². The molecule has 3 fully saturated rings. The van der Waals surface area contributed by atoms with E-state index in [2.05, 4.69) is 10.2 Å². The molecule has 0 saturated carbocycles. The van der Waals surface area contributed by atoms with Gasteiger partial charge in [0.2, 0.25) is 5.91 Å². The van der Waals surface area contributed by atoms with E-state index in [1.165, 1.54) is 11.3 Å². The molecule has 8 heteroatoms. The van der Waals surface area contributed by atoms with E-state index in [1.54, 1.807) is 18.7 Å². The van der Waals surface area contributed by atoms with Crippen molar-refractivity contribution in [1.29, 1.82) is 0 Å². The minimum absolute atomic E-state index is 0.0310. The number of aliphatic hydroxyl groups excluding tert-OH is 1. The zero-order valence-corrected chi connectivity index (χ0v) is 16.0. The predicted molar refractivity (Wildman–Crippen MR) is 98.4 cm³/mol. The fourth-order valence-corrected chi connectivity index (χ4v) is 6.42. The maximum absolute atomic E-state index is 12.4. The van der Waals surface area contributed by atoms with Gasteiger partial charge < -0.3 is 25.3 Å². The minimum Gasteiger partial charge on any atom is -0.477 e. The Balaban J connectivity index is 1.41. The lowest BCUT2D eigenvalue weighted by atomic mass is 9.79. The molecule has 1 unspecified atom stereocenters. The van der Waals surface area contributed by atoms with E-state index >= 15 is 0 Å². The molecule has 7 nitrogen and oxygen atoms in total. The number of β-lactam (4-membered cyclic amide) rings is 1. The number of carboxylic acid groups (broad SMARTS) is 1. The van der Waals surface area contributed by atoms with Crippen LogP contribution in [0.4, 0.5) is 0 Å². The second kappa shape index (κ2) is 6.82. The number of carbonyl (C=O) groups is 2. The van der Waals surface area contributed by atoms with E-state index in [0.717, 1.165) is 43.5 Å². The highest BCUT2D eigenvalue weighted by Gasteiger charge is 2.60. The Morgan fingerprint density at radius 2 is 2.15 bits per heavy atom. The quantitative estimate of drug-likeness (QED) is 0.565. The molecule has 26 heavy (non-hydrogen) atoms. The number of nitrogens with zero attached hydrogens (tertiary/aromatic N) is 2. The van der Waals surface area contributed by atoms with E-state index < -0.39 is 18.0 Å². The number of nitrogens with one attached hydrogen (secondary N) is 1. The highest BCUT2D eigenvalue weighted by molar-refractivity contribution is 8.03. The van der Waals surface area contributed by atoms with Crippen LogP contribution in [0, 0.1) is 17.8 Å². The van der Waals surface area contributed by atoms with E-state index in [9.17, 15) is 19.8 Å². The highest BCUT2D eigenvalue weighted by Crippen LogP contribution is 2.51. The third-order valence-corrected chi connectivity index (χ3v) is 7.66. The summed E-state index contributed by atoms with van der Waals surface area (Å²) in [5.41, 5.74) is 0.146. The van der Waals surface area contributed by atoms with E-state index in [1.807, 2.05) is 6.92 Å². The largest absolute Gasteiger partial charge is 0.477 e. The van der Waals surface area contributed by atoms with Crippen molar-refractivity contribution in [3.05, 3.63) is 10.6 Å². The maximum atomic E-state index is 12.4. The monoisotopic (exact) mass is 381 g/mol. The van der Waals surface area contributed by atoms with Gasteiger partial charge >= 0.3 is 5.97 Å². The van der Waals surface area contributed by atoms with E-state index in [0.29, 0.717) is 5.25 Å². The number of carboxylic acids is 1. The number of rotatable bonds is 6. The van der Waals surface area contributed by atoms with Gasteiger partial charge in [-0.3, -0.25) is 4.79 Å². The first-order chi connectivity index (χ1) is 12.4. The minimum atomic E-state index is -1.03. The summed E-state index contributed by atoms with van der Waals surface area (Å²) in [6.07, 6.45) is 0.490. The predicted octanol–water partition coefficient (Wildman–Crippen LogP) is 0.167. The molecule has 4 aliphatic rings. The van der Waals surface area contributed by atoms with Crippen LogP contribution in [0.25, 0.3) is 0 Å². The Labute approximate surface area is 157 Å². The standard InChI is InChI=1S/C18H27N3O4S/c1-9-14-13(10(2)22)17(23)21(14)15(18(24)25)16(9)26-12-7-20(8-12)6-11-3-4-19-5-11/h9-14,19,22H,3-8H2,1-2H3,(H,24,25)/t9-,10-,11?,13-,14-/m1/s1. The van der Waals surface area contributed by atoms with Crippen molar-refractivity contribution >= 4 is 23.6 Å². The van der Waals surface area contributed by atoms with Crippen LogP contribution in [0.1, 0.15) is 20.3 Å². The summed E-state index contributed by atoms with van der Waals surface area (Å²) < 4.78 is 0. The molecule has 0 radical (unpaired) electrons. The number of thioether (sulfide) groups is 1. The maximum Gasteiger partial charge on any atom is 0.353 e. The number of carbonyl (C=O) groups excluding carboxylic acids is 1. The van der Waals surface area contributed by atoms with Crippen LogP contribution in [-0.2, 0) is 9.59 Å². The van der Waals surface area contributed by atoms with Crippen LogP contribution >= 0.6 is 11.8 Å². The number of aliphatic carboxylic acids is 1. The van der Waals surface area contributed by atoms with Crippen molar-refractivity contribution in [2.45, 2.75) is 37.7 Å². The molecule has 3 saturated heterocycles. The first-order valence-corrected chi connectivity index (χ1v) is 10.3. The lowest BCUT2D eigenvalue weighted by Gasteiger charge is -2.46. The van der Waals surface area contributed by atoms with Gasteiger partial charge in [-0.1, -0.05) is 6.92 Å². The highest BCUT2D eigenvalue weighted by atomic mass is 32.2. The Morgan fingerprint density at radius 3 is 2.73 bits per heavy atom. The van der Waals surface area contributed by atoms with Crippen molar-refractivity contribution in [3.63, 3.8) is 0 Å². The molecule has 5 atom stereocenters. The van der Waals surface area contributed by atoms with Gasteiger partial charge in [-0.2, -0.15) is 0 Å². The molecule has 0 spiro atoms. The van der Waals surface area contributed by atoms with Gasteiger partial charge in [0.05, 0.1) is 18.1 Å². The lowest BCUT2D eigenvalue weighted by molar-refractivity contribution is -0.163. The molecule has 1 amide bonds. The van der Waals surface area contributed by atoms with Crippen LogP contribution in [0.15, 0.2) is 10.6 Å². The van der Waals surface area contributed by atoms with Crippen molar-refractivity contribution in [2.24, 2.45) is 17.8 Å². The number of amides is 1. The molecule has 3 N–H and O–H groups in total. The number of likely N-dealkylation sites (tertiary alicyclic amines) is 1. The third-order valence-electron chi connectivity index (χ3n) is 6.21. The Bertz CT molecular complexity index is 640. The molecular weight excluding hydrogens is 354 g/mol. The molecule has 4 aliphatic heterocycles. The topological polar surface area (TPSA) is 93.1 Å². The first-order valence-electron chi connectivity index (χ1n) is 9.46. The Kier molecular flexibility index (Phi) is 4.79. The van der Waals surface area contributed by atoms with Crippen molar-refractivity contribution < 1.29 is 19.8 Å². The molecule has 4 heterocycles. The second-order valence-corrected chi connectivity index (χ2v) is 9.43. The Hall–Kier alpha value is -1.09. The van der Waals surface area contributed by atoms with Crippen LogP contribution in [-0.4, -0.2) is 82.0 Å². The van der Waals surface area contributed by atoms with Gasteiger partial charge in [-0.15, -0.1) is 11.8 Å². The van der Waals surface area contributed by atoms with Gasteiger partial charge in [-0.25, -0.2) is 4.79 Å². The SMILES string of the molecule is C[C@@H](O)[C@H]1C(=O)N2C(C(=O)O)=C(SC3CN(CC4CCNC4)C3)[C@H](C)[C@H]12. The summed E-state index contributed by atoms with van der Waals surface area (Å²) in [6, 6.07) is -0.211. The molecule has 0 aromatic carbocycles. The lowest BCUT2D eigenvalue weighted by Crippen LogP contribution is -2.63. The van der Waals surface area contributed by atoms with E-state index in [-0.39, 0.29) is 23.6 Å². The Morgan fingerprint density at radius 1 is 1.42 bits per heavy atom. The van der Waals surface area contributed by atoms with Crippen molar-refractivity contribution in [2.75, 3.05) is 32.7 Å². The third kappa shape index (κ3) is 2.87. The van der Waals surface area contributed by atoms with Gasteiger partial charge in [0.15, 0.2) is 0 Å². The fraction of sp³-hybridized carbons (Fsp3) is 0.778. The van der Waals surface area contributed by atoms with Crippen LogP contribution in [0.5, 0.6) is 0 Å². The summed E-state index contributed by atoms with van der Waals surface area (Å²) in [4.78, 5) is 28.8. The smallest absolute Gasteiger partial charge is 0.353 e. The summed E-state index contributed by atoms with van der Waals surface area (Å²) in [5, 5.41) is 23.3. The van der Waals surface area contributed by atoms with Gasteiger partial charge in [0.25, 0.3) is 0 Å². The average molecular weight is 381 g/mol.